The van der Waals surface area contributed by atoms with E-state index >= 15 is 0 Å². The van der Waals surface area contributed by atoms with Crippen molar-refractivity contribution in [2.45, 2.75) is 18.0 Å². The van der Waals surface area contributed by atoms with Crippen molar-refractivity contribution in [1.82, 2.24) is 9.97 Å². The number of hydrogen-bond donors (Lipinski definition) is 3. The Balaban J connectivity index is 2.30. The lowest BCUT2D eigenvalue weighted by atomic mass is 9.82. The summed E-state index contributed by atoms with van der Waals surface area (Å²) in [5.74, 6) is -0.795. The fraction of sp³-hybridized carbons (Fsp3) is 0.235. The van der Waals surface area contributed by atoms with Crippen molar-refractivity contribution >= 4 is 23.5 Å². The summed E-state index contributed by atoms with van der Waals surface area (Å²) < 4.78 is 4.91. The molecule has 0 bridgehead atoms. The standard InChI is InChI=1S/C17H17N3O4S/c1-8-11(16(23)24-2)12(9-5-4-6-10(21)7-9)13-14(18-8)19-17(25-3)20-15(13)22/h4-7,12,21H,1-3H3,(H2,18,19,20,22). The second-order valence-corrected chi connectivity index (χ2v) is 6.32. The smallest absolute Gasteiger partial charge is 0.336 e. The van der Waals surface area contributed by atoms with Crippen LogP contribution in [-0.4, -0.2) is 34.4 Å². The molecule has 8 heteroatoms. The van der Waals surface area contributed by atoms with E-state index in [1.165, 1.54) is 31.0 Å². The number of ether oxygens (including phenoxy) is 1. The molecule has 0 aliphatic carbocycles. The van der Waals surface area contributed by atoms with Crippen molar-refractivity contribution in [2.24, 2.45) is 0 Å². The van der Waals surface area contributed by atoms with Gasteiger partial charge in [-0.3, -0.25) is 4.79 Å². The van der Waals surface area contributed by atoms with Crippen molar-refractivity contribution in [3.05, 3.63) is 57.0 Å². The normalized spacial score (nSPS) is 16.2. The van der Waals surface area contributed by atoms with Crippen LogP contribution in [-0.2, 0) is 9.53 Å². The highest BCUT2D eigenvalue weighted by atomic mass is 32.2. The largest absolute Gasteiger partial charge is 0.508 e. The Hall–Kier alpha value is -2.74. The lowest BCUT2D eigenvalue weighted by Gasteiger charge is -2.28. The van der Waals surface area contributed by atoms with Crippen molar-refractivity contribution < 1.29 is 14.6 Å². The summed E-state index contributed by atoms with van der Waals surface area (Å²) in [7, 11) is 1.29. The molecule has 1 aliphatic heterocycles. The predicted octanol–water partition coefficient (Wildman–Crippen LogP) is 2.20. The van der Waals surface area contributed by atoms with Gasteiger partial charge in [0.15, 0.2) is 5.16 Å². The van der Waals surface area contributed by atoms with Crippen molar-refractivity contribution in [3.63, 3.8) is 0 Å². The fourth-order valence-electron chi connectivity index (χ4n) is 2.95. The number of fused-ring (bicyclic) bond motifs is 1. The quantitative estimate of drug-likeness (QED) is 0.438. The molecule has 0 fully saturated rings. The van der Waals surface area contributed by atoms with Crippen LogP contribution in [0.3, 0.4) is 0 Å². The third-order valence-electron chi connectivity index (χ3n) is 4.02. The molecule has 0 saturated heterocycles. The molecule has 2 aromatic rings. The summed E-state index contributed by atoms with van der Waals surface area (Å²) in [5, 5.41) is 13.3. The van der Waals surface area contributed by atoms with E-state index in [-0.39, 0.29) is 11.3 Å². The Morgan fingerprint density at radius 1 is 1.40 bits per heavy atom. The van der Waals surface area contributed by atoms with Gasteiger partial charge in [-0.1, -0.05) is 23.9 Å². The Morgan fingerprint density at radius 2 is 2.16 bits per heavy atom. The Kier molecular flexibility index (Phi) is 4.54. The molecule has 0 saturated carbocycles. The van der Waals surface area contributed by atoms with E-state index in [0.717, 1.165) is 0 Å². The zero-order chi connectivity index (χ0) is 18.1. The number of nitrogens with zero attached hydrogens (tertiary/aromatic N) is 1. The predicted molar refractivity (Wildman–Crippen MR) is 94.9 cm³/mol. The molecule has 0 spiro atoms. The third kappa shape index (κ3) is 3.00. The number of esters is 1. The third-order valence-corrected chi connectivity index (χ3v) is 4.60. The maximum absolute atomic E-state index is 12.7. The number of aromatic amines is 1. The maximum Gasteiger partial charge on any atom is 0.336 e. The first-order valence-electron chi connectivity index (χ1n) is 7.49. The molecule has 1 unspecified atom stereocenters. The van der Waals surface area contributed by atoms with E-state index in [9.17, 15) is 14.7 Å². The number of H-pyrrole nitrogens is 1. The van der Waals surface area contributed by atoms with E-state index in [4.69, 9.17) is 4.74 Å². The van der Waals surface area contributed by atoms with Crippen LogP contribution in [0.4, 0.5) is 5.82 Å². The number of nitrogens with one attached hydrogen (secondary N) is 2. The molecule has 2 heterocycles. The van der Waals surface area contributed by atoms with Gasteiger partial charge in [0.1, 0.15) is 11.6 Å². The first kappa shape index (κ1) is 17.1. The first-order chi connectivity index (χ1) is 12.0. The van der Waals surface area contributed by atoms with Crippen LogP contribution in [0.5, 0.6) is 5.75 Å². The molecule has 0 radical (unpaired) electrons. The second kappa shape index (κ2) is 6.64. The molecule has 130 valence electrons. The molecule has 0 amide bonds. The molecule has 1 aromatic carbocycles. The summed E-state index contributed by atoms with van der Waals surface area (Å²) >= 11 is 1.31. The van der Waals surface area contributed by atoms with Gasteiger partial charge >= 0.3 is 5.97 Å². The van der Waals surface area contributed by atoms with E-state index in [1.54, 1.807) is 19.1 Å². The van der Waals surface area contributed by atoms with Crippen LogP contribution in [0.15, 0.2) is 45.5 Å². The van der Waals surface area contributed by atoms with Crippen molar-refractivity contribution in [2.75, 3.05) is 18.7 Å². The Bertz CT molecular complexity index is 936. The Labute approximate surface area is 148 Å². The van der Waals surface area contributed by atoms with Gasteiger partial charge in [0.25, 0.3) is 5.56 Å². The van der Waals surface area contributed by atoms with Crippen LogP contribution >= 0.6 is 11.8 Å². The molecule has 25 heavy (non-hydrogen) atoms. The molecule has 1 aromatic heterocycles. The number of thioether (sulfide) groups is 1. The summed E-state index contributed by atoms with van der Waals surface area (Å²) in [5.41, 5.74) is 1.44. The van der Waals surface area contributed by atoms with E-state index in [2.05, 4.69) is 15.3 Å². The number of carbonyl (C=O) groups excluding carboxylic acids is 1. The highest BCUT2D eigenvalue weighted by Crippen LogP contribution is 2.40. The highest BCUT2D eigenvalue weighted by Gasteiger charge is 2.36. The average Bonchev–Trinajstić information content (AvgIpc) is 2.59. The van der Waals surface area contributed by atoms with Crippen LogP contribution in [0.2, 0.25) is 0 Å². The van der Waals surface area contributed by atoms with Gasteiger partial charge < -0.3 is 20.1 Å². The minimum atomic E-state index is -0.692. The van der Waals surface area contributed by atoms with Gasteiger partial charge in [-0.15, -0.1) is 0 Å². The lowest BCUT2D eigenvalue weighted by Crippen LogP contribution is -2.30. The van der Waals surface area contributed by atoms with Gasteiger partial charge in [0.05, 0.1) is 24.2 Å². The number of methoxy groups -OCH3 is 1. The monoisotopic (exact) mass is 359 g/mol. The molecule has 7 nitrogen and oxygen atoms in total. The number of allylic oxidation sites excluding steroid dienone is 1. The maximum atomic E-state index is 12.7. The molecule has 3 rings (SSSR count). The fourth-order valence-corrected chi connectivity index (χ4v) is 3.32. The van der Waals surface area contributed by atoms with Gasteiger partial charge in [0.2, 0.25) is 0 Å². The minimum Gasteiger partial charge on any atom is -0.508 e. The second-order valence-electron chi connectivity index (χ2n) is 5.52. The van der Waals surface area contributed by atoms with Gasteiger partial charge in [-0.25, -0.2) is 9.78 Å². The average molecular weight is 359 g/mol. The van der Waals surface area contributed by atoms with E-state index < -0.39 is 11.9 Å². The number of aromatic nitrogens is 2. The van der Waals surface area contributed by atoms with Gasteiger partial charge in [-0.05, 0) is 30.9 Å². The number of phenols is 1. The van der Waals surface area contributed by atoms with E-state index in [1.807, 2.05) is 6.26 Å². The molecule has 1 aliphatic rings. The van der Waals surface area contributed by atoms with Crippen molar-refractivity contribution in [1.29, 1.82) is 0 Å². The molecular weight excluding hydrogens is 342 g/mol. The zero-order valence-corrected chi connectivity index (χ0v) is 14.7. The lowest BCUT2D eigenvalue weighted by molar-refractivity contribution is -0.136. The molecule has 1 atom stereocenters. The number of anilines is 1. The number of hydrogen-bond acceptors (Lipinski definition) is 7. The van der Waals surface area contributed by atoms with Gasteiger partial charge in [0, 0.05) is 5.70 Å². The van der Waals surface area contributed by atoms with Crippen LogP contribution < -0.4 is 10.9 Å². The minimum absolute atomic E-state index is 0.0459. The zero-order valence-electron chi connectivity index (χ0n) is 13.9. The SMILES string of the molecule is COC(=O)C1=C(C)Nc2nc(SC)[nH]c(=O)c2C1c1cccc(O)c1. The van der Waals surface area contributed by atoms with E-state index in [0.29, 0.717) is 33.4 Å². The Morgan fingerprint density at radius 3 is 2.80 bits per heavy atom. The summed E-state index contributed by atoms with van der Waals surface area (Å²) in [6.07, 6.45) is 1.81. The summed E-state index contributed by atoms with van der Waals surface area (Å²) in [6.45, 7) is 1.73. The van der Waals surface area contributed by atoms with Crippen LogP contribution in [0.1, 0.15) is 24.0 Å². The highest BCUT2D eigenvalue weighted by molar-refractivity contribution is 7.98. The molecular formula is C17H17N3O4S. The van der Waals surface area contributed by atoms with Crippen LogP contribution in [0.25, 0.3) is 0 Å². The van der Waals surface area contributed by atoms with Crippen molar-refractivity contribution in [3.8, 4) is 5.75 Å². The number of aromatic hydroxyl groups is 1. The summed E-state index contributed by atoms with van der Waals surface area (Å²) in [4.78, 5) is 32.2. The molecule has 3 N–H and O–H groups in total. The number of rotatable bonds is 3. The number of benzene rings is 1. The summed E-state index contributed by atoms with van der Waals surface area (Å²) in [6, 6.07) is 6.46. The topological polar surface area (TPSA) is 104 Å². The number of carbonyl (C=O) groups is 1. The van der Waals surface area contributed by atoms with Crippen LogP contribution in [0, 0.1) is 0 Å². The van der Waals surface area contributed by atoms with Gasteiger partial charge in [-0.2, -0.15) is 0 Å². The number of phenolic OH excluding ortho intramolecular Hbond substituents is 1. The first-order valence-corrected chi connectivity index (χ1v) is 8.72.